The van der Waals surface area contributed by atoms with Crippen LogP contribution in [0.3, 0.4) is 0 Å². The maximum absolute atomic E-state index is 5.61. The van der Waals surface area contributed by atoms with E-state index in [9.17, 15) is 0 Å². The van der Waals surface area contributed by atoms with Gasteiger partial charge >= 0.3 is 0 Å². The highest BCUT2D eigenvalue weighted by Gasteiger charge is 2.30. The van der Waals surface area contributed by atoms with Crippen molar-refractivity contribution < 1.29 is 9.47 Å². The summed E-state index contributed by atoms with van der Waals surface area (Å²) < 4.78 is 11.1. The van der Waals surface area contributed by atoms with Gasteiger partial charge in [-0.2, -0.15) is 0 Å². The minimum Gasteiger partial charge on any atom is -0.380 e. The van der Waals surface area contributed by atoms with E-state index < -0.39 is 0 Å². The maximum Gasteiger partial charge on any atom is 0.0623 e. The van der Waals surface area contributed by atoms with E-state index in [1.54, 1.807) is 0 Å². The van der Waals surface area contributed by atoms with E-state index in [4.69, 9.17) is 9.47 Å². The molecule has 0 aliphatic carbocycles. The molecule has 0 aromatic heterocycles. The van der Waals surface area contributed by atoms with Crippen LogP contribution in [0, 0.1) is 5.92 Å². The van der Waals surface area contributed by atoms with Crippen LogP contribution in [0.4, 0.5) is 0 Å². The minimum atomic E-state index is 0.541. The molecule has 2 fully saturated rings. The van der Waals surface area contributed by atoms with Crippen molar-refractivity contribution in [1.29, 1.82) is 0 Å². The van der Waals surface area contributed by atoms with Crippen molar-refractivity contribution in [2.75, 3.05) is 46.6 Å². The van der Waals surface area contributed by atoms with E-state index in [1.807, 2.05) is 0 Å². The molecule has 1 N–H and O–H groups in total. The quantitative estimate of drug-likeness (QED) is 0.744. The molecule has 0 saturated carbocycles. The molecule has 17 heavy (non-hydrogen) atoms. The lowest BCUT2D eigenvalue weighted by atomic mass is 10.0. The Morgan fingerprint density at radius 1 is 1.24 bits per heavy atom. The normalized spacial score (nSPS) is 33.7. The highest BCUT2D eigenvalue weighted by molar-refractivity contribution is 4.85. The number of rotatable bonds is 6. The van der Waals surface area contributed by atoms with Crippen molar-refractivity contribution in [1.82, 2.24) is 10.2 Å². The molecule has 2 aliphatic rings. The number of nitrogens with zero attached hydrogens (tertiary/aromatic N) is 1. The van der Waals surface area contributed by atoms with Crippen molar-refractivity contribution in [3.05, 3.63) is 0 Å². The van der Waals surface area contributed by atoms with Crippen molar-refractivity contribution in [2.45, 2.75) is 31.8 Å². The van der Waals surface area contributed by atoms with Gasteiger partial charge in [0.05, 0.1) is 19.8 Å². The fourth-order valence-electron chi connectivity index (χ4n) is 2.72. The molecule has 0 amide bonds. The van der Waals surface area contributed by atoms with Gasteiger partial charge in [0.2, 0.25) is 0 Å². The number of hydrogen-bond acceptors (Lipinski definition) is 4. The second kappa shape index (κ2) is 6.69. The van der Waals surface area contributed by atoms with E-state index in [2.05, 4.69) is 24.2 Å². The van der Waals surface area contributed by atoms with Gasteiger partial charge in [0.25, 0.3) is 0 Å². The Labute approximate surface area is 105 Å². The van der Waals surface area contributed by atoms with Gasteiger partial charge in [-0.15, -0.1) is 0 Å². The third kappa shape index (κ3) is 3.65. The molecule has 0 radical (unpaired) electrons. The lowest BCUT2D eigenvalue weighted by molar-refractivity contribution is 0.138. The smallest absolute Gasteiger partial charge is 0.0623 e. The largest absolute Gasteiger partial charge is 0.380 e. The molecular formula is C13H26N2O2. The van der Waals surface area contributed by atoms with E-state index in [1.165, 1.54) is 12.8 Å². The SMILES string of the molecule is CCCNC1COCC1CN(C)C1CCOC1. The number of likely N-dealkylation sites (N-methyl/N-ethyl adjacent to an activating group) is 1. The van der Waals surface area contributed by atoms with Crippen LogP contribution in [0.25, 0.3) is 0 Å². The molecule has 4 nitrogen and oxygen atoms in total. The standard InChI is InChI=1S/C13H26N2O2/c1-3-5-14-13-10-17-8-11(13)7-15(2)12-4-6-16-9-12/h11-14H,3-10H2,1-2H3. The third-order valence-electron chi connectivity index (χ3n) is 3.91. The van der Waals surface area contributed by atoms with E-state index in [0.717, 1.165) is 39.5 Å². The summed E-state index contributed by atoms with van der Waals surface area (Å²) in [6, 6.07) is 1.15. The Morgan fingerprint density at radius 2 is 2.12 bits per heavy atom. The minimum absolute atomic E-state index is 0.541. The van der Waals surface area contributed by atoms with Gasteiger partial charge in [-0.05, 0) is 26.4 Å². The first-order valence-electron chi connectivity index (χ1n) is 6.90. The summed E-state index contributed by atoms with van der Waals surface area (Å²) in [6.45, 7) is 8.03. The molecule has 2 rings (SSSR count). The lowest BCUT2D eigenvalue weighted by Gasteiger charge is -2.28. The molecule has 3 atom stereocenters. The van der Waals surface area contributed by atoms with Crippen molar-refractivity contribution in [3.8, 4) is 0 Å². The summed E-state index contributed by atoms with van der Waals surface area (Å²) in [4.78, 5) is 2.45. The zero-order valence-corrected chi connectivity index (χ0v) is 11.2. The zero-order valence-electron chi connectivity index (χ0n) is 11.2. The monoisotopic (exact) mass is 242 g/mol. The summed E-state index contributed by atoms with van der Waals surface area (Å²) in [5.74, 6) is 0.632. The fourth-order valence-corrected chi connectivity index (χ4v) is 2.72. The Kier molecular flexibility index (Phi) is 5.22. The second-order valence-corrected chi connectivity index (χ2v) is 5.32. The van der Waals surface area contributed by atoms with Gasteiger partial charge in [-0.25, -0.2) is 0 Å². The predicted octanol–water partition coefficient (Wildman–Crippen LogP) is 0.722. The molecule has 0 aromatic carbocycles. The van der Waals surface area contributed by atoms with Crippen LogP contribution in [-0.4, -0.2) is 63.5 Å². The van der Waals surface area contributed by atoms with Gasteiger partial charge in [-0.1, -0.05) is 6.92 Å². The third-order valence-corrected chi connectivity index (χ3v) is 3.91. The van der Waals surface area contributed by atoms with Crippen molar-refractivity contribution >= 4 is 0 Å². The molecular weight excluding hydrogens is 216 g/mol. The van der Waals surface area contributed by atoms with Gasteiger partial charge in [0, 0.05) is 31.2 Å². The first-order valence-corrected chi connectivity index (χ1v) is 6.90. The predicted molar refractivity (Wildman–Crippen MR) is 68.2 cm³/mol. The molecule has 0 bridgehead atoms. The molecule has 0 aromatic rings. The fraction of sp³-hybridized carbons (Fsp3) is 1.00. The van der Waals surface area contributed by atoms with Crippen LogP contribution >= 0.6 is 0 Å². The van der Waals surface area contributed by atoms with Crippen LogP contribution in [0.5, 0.6) is 0 Å². The summed E-state index contributed by atoms with van der Waals surface area (Å²) in [5.41, 5.74) is 0. The van der Waals surface area contributed by atoms with Crippen LogP contribution in [-0.2, 0) is 9.47 Å². The summed E-state index contributed by atoms with van der Waals surface area (Å²) in [6.07, 6.45) is 2.37. The Morgan fingerprint density at radius 3 is 2.82 bits per heavy atom. The average molecular weight is 242 g/mol. The van der Waals surface area contributed by atoms with Crippen molar-refractivity contribution in [2.24, 2.45) is 5.92 Å². The highest BCUT2D eigenvalue weighted by Crippen LogP contribution is 2.18. The molecule has 0 spiro atoms. The van der Waals surface area contributed by atoms with E-state index in [0.29, 0.717) is 18.0 Å². The van der Waals surface area contributed by atoms with Crippen LogP contribution < -0.4 is 5.32 Å². The van der Waals surface area contributed by atoms with E-state index in [-0.39, 0.29) is 0 Å². The lowest BCUT2D eigenvalue weighted by Crippen LogP contribution is -2.44. The van der Waals surface area contributed by atoms with Crippen LogP contribution in [0.1, 0.15) is 19.8 Å². The topological polar surface area (TPSA) is 33.7 Å². The highest BCUT2D eigenvalue weighted by atomic mass is 16.5. The van der Waals surface area contributed by atoms with Crippen LogP contribution in [0.2, 0.25) is 0 Å². The second-order valence-electron chi connectivity index (χ2n) is 5.32. The molecule has 4 heteroatoms. The maximum atomic E-state index is 5.61. The van der Waals surface area contributed by atoms with Gasteiger partial charge in [0.1, 0.15) is 0 Å². The van der Waals surface area contributed by atoms with Crippen molar-refractivity contribution in [3.63, 3.8) is 0 Å². The van der Waals surface area contributed by atoms with E-state index >= 15 is 0 Å². The first-order chi connectivity index (χ1) is 8.31. The molecule has 100 valence electrons. The van der Waals surface area contributed by atoms with Crippen LogP contribution in [0.15, 0.2) is 0 Å². The summed E-state index contributed by atoms with van der Waals surface area (Å²) in [5, 5.41) is 3.59. The summed E-state index contributed by atoms with van der Waals surface area (Å²) >= 11 is 0. The number of hydrogen-bond donors (Lipinski definition) is 1. The molecule has 2 heterocycles. The van der Waals surface area contributed by atoms with Gasteiger partial charge in [0.15, 0.2) is 0 Å². The summed E-state index contributed by atoms with van der Waals surface area (Å²) in [7, 11) is 2.22. The number of ether oxygens (including phenoxy) is 2. The first kappa shape index (κ1) is 13.3. The Hall–Kier alpha value is -0.160. The van der Waals surface area contributed by atoms with Gasteiger partial charge in [-0.3, -0.25) is 0 Å². The zero-order chi connectivity index (χ0) is 12.1. The van der Waals surface area contributed by atoms with Gasteiger partial charge < -0.3 is 19.7 Å². The molecule has 3 unspecified atom stereocenters. The molecule has 2 aliphatic heterocycles. The average Bonchev–Trinajstić information content (AvgIpc) is 2.97. The Bertz CT molecular complexity index is 219. The molecule has 2 saturated heterocycles. The Balaban J connectivity index is 1.76. The number of nitrogens with one attached hydrogen (secondary N) is 1.